The first-order valence-corrected chi connectivity index (χ1v) is 11.2. The lowest BCUT2D eigenvalue weighted by Gasteiger charge is -2.23. The summed E-state index contributed by atoms with van der Waals surface area (Å²) < 4.78 is 5.93. The Morgan fingerprint density at radius 2 is 1.91 bits per heavy atom. The van der Waals surface area contributed by atoms with Crippen LogP contribution in [0.1, 0.15) is 24.5 Å². The average molecular weight is 440 g/mol. The Morgan fingerprint density at radius 1 is 1.06 bits per heavy atom. The molecule has 0 radical (unpaired) electrons. The fourth-order valence-corrected chi connectivity index (χ4v) is 4.44. The number of imidazole rings is 2. The first-order valence-electron chi connectivity index (χ1n) is 11.2. The maximum absolute atomic E-state index is 5.05. The van der Waals surface area contributed by atoms with Crippen LogP contribution in [0.25, 0.3) is 22.6 Å². The maximum atomic E-state index is 5.05. The van der Waals surface area contributed by atoms with Gasteiger partial charge in [-0.3, -0.25) is 9.08 Å². The fourth-order valence-electron chi connectivity index (χ4n) is 4.44. The molecule has 9 heteroatoms. The molecule has 1 aliphatic heterocycles. The highest BCUT2D eigenvalue weighted by molar-refractivity contribution is 5.74. The number of benzene rings is 1. The SMILES string of the molecule is Cn1cc(-c2cnc3c(Nc4ccc(-n5ccnc5)cc4)nc(C4CCNCC4)cn23)cn1. The predicted molar refractivity (Wildman–Crippen MR) is 127 cm³/mol. The highest BCUT2D eigenvalue weighted by Crippen LogP contribution is 2.30. The van der Waals surface area contributed by atoms with Crippen LogP contribution in [0.3, 0.4) is 0 Å². The summed E-state index contributed by atoms with van der Waals surface area (Å²) in [4.78, 5) is 13.9. The lowest BCUT2D eigenvalue weighted by molar-refractivity contribution is 0.452. The van der Waals surface area contributed by atoms with E-state index in [-0.39, 0.29) is 0 Å². The molecule has 1 aromatic carbocycles. The topological polar surface area (TPSA) is 89.9 Å². The second-order valence-electron chi connectivity index (χ2n) is 8.42. The molecule has 1 fully saturated rings. The molecular weight excluding hydrogens is 414 g/mol. The fraction of sp³-hybridized carbons (Fsp3) is 0.250. The van der Waals surface area contributed by atoms with Gasteiger partial charge in [-0.2, -0.15) is 5.10 Å². The minimum atomic E-state index is 0.420. The summed E-state index contributed by atoms with van der Waals surface area (Å²) in [6, 6.07) is 8.22. The van der Waals surface area contributed by atoms with Gasteiger partial charge >= 0.3 is 0 Å². The molecule has 5 aromatic rings. The third kappa shape index (κ3) is 3.76. The molecule has 166 valence electrons. The summed E-state index contributed by atoms with van der Waals surface area (Å²) in [6.07, 6.45) is 15.6. The van der Waals surface area contributed by atoms with E-state index in [9.17, 15) is 0 Å². The number of hydrogen-bond acceptors (Lipinski definition) is 6. The Kier molecular flexibility index (Phi) is 4.88. The number of hydrogen-bond donors (Lipinski definition) is 2. The van der Waals surface area contributed by atoms with Gasteiger partial charge in [0.2, 0.25) is 0 Å². The van der Waals surface area contributed by atoms with E-state index < -0.39 is 0 Å². The number of fused-ring (bicyclic) bond motifs is 1. The Bertz CT molecular complexity index is 1370. The zero-order valence-electron chi connectivity index (χ0n) is 18.4. The lowest BCUT2D eigenvalue weighted by Crippen LogP contribution is -2.27. The molecule has 2 N–H and O–H groups in total. The molecule has 0 bridgehead atoms. The second-order valence-corrected chi connectivity index (χ2v) is 8.42. The van der Waals surface area contributed by atoms with Crippen LogP contribution in [0.15, 0.2) is 67.8 Å². The molecule has 4 aromatic heterocycles. The Morgan fingerprint density at radius 3 is 2.64 bits per heavy atom. The third-order valence-electron chi connectivity index (χ3n) is 6.20. The van der Waals surface area contributed by atoms with Crippen LogP contribution in [-0.4, -0.2) is 46.8 Å². The van der Waals surface area contributed by atoms with Gasteiger partial charge in [0.15, 0.2) is 11.5 Å². The first-order chi connectivity index (χ1) is 16.2. The monoisotopic (exact) mass is 439 g/mol. The normalized spacial score (nSPS) is 14.7. The van der Waals surface area contributed by atoms with Gasteiger partial charge in [0, 0.05) is 54.7 Å². The molecular formula is C24H25N9. The van der Waals surface area contributed by atoms with Crippen molar-refractivity contribution in [2.45, 2.75) is 18.8 Å². The number of aromatic nitrogens is 7. The van der Waals surface area contributed by atoms with Crippen LogP contribution >= 0.6 is 0 Å². The van der Waals surface area contributed by atoms with Crippen molar-refractivity contribution in [3.63, 3.8) is 0 Å². The first kappa shape index (κ1) is 19.7. The molecule has 0 unspecified atom stereocenters. The highest BCUT2D eigenvalue weighted by Gasteiger charge is 2.21. The van der Waals surface area contributed by atoms with Gasteiger partial charge in [-0.15, -0.1) is 0 Å². The summed E-state index contributed by atoms with van der Waals surface area (Å²) in [7, 11) is 1.93. The number of aryl methyl sites for hydroxylation is 1. The number of rotatable bonds is 5. The molecule has 33 heavy (non-hydrogen) atoms. The molecule has 0 aliphatic carbocycles. The van der Waals surface area contributed by atoms with Crippen LogP contribution in [0.4, 0.5) is 11.5 Å². The van der Waals surface area contributed by atoms with Crippen molar-refractivity contribution < 1.29 is 0 Å². The maximum Gasteiger partial charge on any atom is 0.180 e. The van der Waals surface area contributed by atoms with Gasteiger partial charge in [-0.05, 0) is 50.2 Å². The molecule has 1 aliphatic rings. The molecule has 9 nitrogen and oxygen atoms in total. The van der Waals surface area contributed by atoms with E-state index in [0.717, 1.165) is 65.7 Å². The summed E-state index contributed by atoms with van der Waals surface area (Å²) in [5.74, 6) is 1.18. The molecule has 0 atom stereocenters. The minimum Gasteiger partial charge on any atom is -0.337 e. The Balaban J connectivity index is 1.41. The molecule has 5 heterocycles. The van der Waals surface area contributed by atoms with Crippen LogP contribution in [0, 0.1) is 0 Å². The largest absolute Gasteiger partial charge is 0.337 e. The van der Waals surface area contributed by atoms with Gasteiger partial charge in [0.1, 0.15) is 0 Å². The van der Waals surface area contributed by atoms with Crippen LogP contribution < -0.4 is 10.6 Å². The van der Waals surface area contributed by atoms with Crippen LogP contribution in [0.5, 0.6) is 0 Å². The smallest absolute Gasteiger partial charge is 0.180 e. The zero-order valence-corrected chi connectivity index (χ0v) is 18.4. The predicted octanol–water partition coefficient (Wildman–Crippen LogP) is 3.53. The van der Waals surface area contributed by atoms with E-state index in [1.807, 2.05) is 41.1 Å². The van der Waals surface area contributed by atoms with Gasteiger partial charge in [-0.1, -0.05) is 0 Å². The standard InChI is InChI=1S/C24H25N9/c1-31-14-18(12-28-31)22-13-27-24-23(30-21(15-33(22)24)17-6-8-25-9-7-17)29-19-2-4-20(5-3-19)32-11-10-26-16-32/h2-5,10-17,25H,6-9H2,1H3,(H,29,30). The van der Waals surface area contributed by atoms with Crippen molar-refractivity contribution >= 4 is 17.2 Å². The van der Waals surface area contributed by atoms with E-state index in [1.54, 1.807) is 12.5 Å². The van der Waals surface area contributed by atoms with Gasteiger partial charge in [0.25, 0.3) is 0 Å². The van der Waals surface area contributed by atoms with E-state index in [4.69, 9.17) is 9.97 Å². The summed E-state index contributed by atoms with van der Waals surface area (Å²) >= 11 is 0. The summed E-state index contributed by atoms with van der Waals surface area (Å²) in [5.41, 5.74) is 5.94. The average Bonchev–Trinajstić information content (AvgIpc) is 3.61. The van der Waals surface area contributed by atoms with Crippen molar-refractivity contribution in [3.8, 4) is 16.9 Å². The van der Waals surface area contributed by atoms with E-state index >= 15 is 0 Å². The third-order valence-corrected chi connectivity index (χ3v) is 6.20. The van der Waals surface area contributed by atoms with Crippen molar-refractivity contribution in [3.05, 3.63) is 73.5 Å². The highest BCUT2D eigenvalue weighted by atomic mass is 15.2. The van der Waals surface area contributed by atoms with Crippen molar-refractivity contribution in [2.24, 2.45) is 7.05 Å². The number of nitrogens with one attached hydrogen (secondary N) is 2. The van der Waals surface area contributed by atoms with Gasteiger partial charge in [0.05, 0.1) is 30.1 Å². The van der Waals surface area contributed by atoms with Crippen LogP contribution in [0.2, 0.25) is 0 Å². The van der Waals surface area contributed by atoms with Crippen molar-refractivity contribution in [2.75, 3.05) is 18.4 Å². The van der Waals surface area contributed by atoms with E-state index in [1.165, 1.54) is 0 Å². The molecule has 1 saturated heterocycles. The van der Waals surface area contributed by atoms with Crippen molar-refractivity contribution in [1.29, 1.82) is 0 Å². The quantitative estimate of drug-likeness (QED) is 0.436. The minimum absolute atomic E-state index is 0.420. The van der Waals surface area contributed by atoms with E-state index in [0.29, 0.717) is 5.92 Å². The number of anilines is 2. The zero-order chi connectivity index (χ0) is 22.2. The van der Waals surface area contributed by atoms with Gasteiger partial charge < -0.3 is 15.2 Å². The summed E-state index contributed by atoms with van der Waals surface area (Å²) in [5, 5.41) is 11.3. The molecule has 6 rings (SSSR count). The number of nitrogens with zero attached hydrogens (tertiary/aromatic N) is 7. The Hall–Kier alpha value is -3.98. The molecule has 0 spiro atoms. The van der Waals surface area contributed by atoms with E-state index in [2.05, 4.69) is 55.6 Å². The lowest BCUT2D eigenvalue weighted by atomic mass is 9.95. The van der Waals surface area contributed by atoms with Gasteiger partial charge in [-0.25, -0.2) is 15.0 Å². The number of piperidine rings is 1. The van der Waals surface area contributed by atoms with Crippen LogP contribution in [-0.2, 0) is 7.05 Å². The second kappa shape index (κ2) is 8.18. The Labute approximate surface area is 191 Å². The molecule has 0 amide bonds. The van der Waals surface area contributed by atoms with Crippen molar-refractivity contribution in [1.82, 2.24) is 39.0 Å². The molecule has 0 saturated carbocycles. The summed E-state index contributed by atoms with van der Waals surface area (Å²) in [6.45, 7) is 2.03.